The van der Waals surface area contributed by atoms with Crippen LogP contribution in [0.5, 0.6) is 0 Å². The van der Waals surface area contributed by atoms with E-state index < -0.39 is 0 Å². The highest BCUT2D eigenvalue weighted by atomic mass is 16.3. The molecule has 5 rings (SSSR count). The zero-order valence-corrected chi connectivity index (χ0v) is 17.2. The third kappa shape index (κ3) is 3.26. The molecule has 3 aromatic heterocycles. The largest absolute Gasteiger partial charge is 0.449 e. The quantitative estimate of drug-likeness (QED) is 0.717. The Morgan fingerprint density at radius 2 is 2.10 bits per heavy atom. The van der Waals surface area contributed by atoms with Gasteiger partial charge in [-0.2, -0.15) is 5.10 Å². The number of nitrogens with one attached hydrogen (secondary N) is 1. The molecule has 30 heavy (non-hydrogen) atoms. The van der Waals surface area contributed by atoms with Crippen molar-refractivity contribution in [3.8, 4) is 0 Å². The van der Waals surface area contributed by atoms with Crippen LogP contribution in [0.2, 0.25) is 0 Å². The number of rotatable bonds is 4. The summed E-state index contributed by atoms with van der Waals surface area (Å²) in [5, 5.41) is 8.17. The smallest absolute Gasteiger partial charge is 0.287 e. The molecular formula is C22H25N5O3. The lowest BCUT2D eigenvalue weighted by atomic mass is 9.90. The number of fused-ring (bicyclic) bond motifs is 1. The number of hydrogen-bond donors (Lipinski definition) is 1. The maximum absolute atomic E-state index is 12.8. The van der Waals surface area contributed by atoms with Crippen molar-refractivity contribution in [1.82, 2.24) is 25.0 Å². The number of pyridine rings is 1. The molecule has 2 amide bonds. The summed E-state index contributed by atoms with van der Waals surface area (Å²) in [6.45, 7) is 4.05. The van der Waals surface area contributed by atoms with E-state index in [0.717, 1.165) is 43.4 Å². The van der Waals surface area contributed by atoms with Crippen LogP contribution in [0.15, 0.2) is 35.0 Å². The van der Waals surface area contributed by atoms with E-state index in [-0.39, 0.29) is 17.2 Å². The number of furan rings is 1. The summed E-state index contributed by atoms with van der Waals surface area (Å²) in [6.07, 6.45) is 6.35. The van der Waals surface area contributed by atoms with Crippen molar-refractivity contribution in [2.24, 2.45) is 18.4 Å². The minimum Gasteiger partial charge on any atom is -0.449 e. The van der Waals surface area contributed by atoms with Gasteiger partial charge in [-0.1, -0.05) is 0 Å². The number of hydrogen-bond acceptors (Lipinski definition) is 5. The van der Waals surface area contributed by atoms with Crippen molar-refractivity contribution >= 4 is 22.8 Å². The first-order valence-electron chi connectivity index (χ1n) is 10.4. The van der Waals surface area contributed by atoms with E-state index in [0.29, 0.717) is 29.5 Å². The Morgan fingerprint density at radius 3 is 2.80 bits per heavy atom. The number of amides is 2. The van der Waals surface area contributed by atoms with E-state index in [4.69, 9.17) is 4.42 Å². The molecule has 0 radical (unpaired) electrons. The highest BCUT2D eigenvalue weighted by Crippen LogP contribution is 2.59. The molecule has 8 nitrogen and oxygen atoms in total. The number of carbonyl (C=O) groups excluding carboxylic acids is 2. The van der Waals surface area contributed by atoms with E-state index in [1.165, 1.54) is 0 Å². The fraction of sp³-hybridized carbons (Fsp3) is 0.455. The predicted molar refractivity (Wildman–Crippen MR) is 110 cm³/mol. The minimum atomic E-state index is -0.188. The molecule has 0 bridgehead atoms. The summed E-state index contributed by atoms with van der Waals surface area (Å²) in [4.78, 5) is 31.2. The Morgan fingerprint density at radius 1 is 1.30 bits per heavy atom. The van der Waals surface area contributed by atoms with Gasteiger partial charge < -0.3 is 14.6 Å². The van der Waals surface area contributed by atoms with Crippen LogP contribution >= 0.6 is 0 Å². The summed E-state index contributed by atoms with van der Waals surface area (Å²) in [7, 11) is 1.81. The summed E-state index contributed by atoms with van der Waals surface area (Å²) in [5.41, 5.74) is 2.37. The van der Waals surface area contributed by atoms with Crippen LogP contribution in [-0.4, -0.2) is 51.1 Å². The van der Waals surface area contributed by atoms with Gasteiger partial charge in [0.2, 0.25) is 0 Å². The monoisotopic (exact) mass is 407 g/mol. The average molecular weight is 407 g/mol. The molecule has 1 saturated heterocycles. The van der Waals surface area contributed by atoms with Gasteiger partial charge in [0.15, 0.2) is 11.3 Å². The molecule has 0 aromatic carbocycles. The highest BCUT2D eigenvalue weighted by molar-refractivity contribution is 5.96. The lowest BCUT2D eigenvalue weighted by molar-refractivity contribution is 0.0657. The van der Waals surface area contributed by atoms with E-state index in [2.05, 4.69) is 15.4 Å². The average Bonchev–Trinajstić information content (AvgIpc) is 3.07. The van der Waals surface area contributed by atoms with Gasteiger partial charge in [-0.05, 0) is 55.7 Å². The van der Waals surface area contributed by atoms with Crippen molar-refractivity contribution in [3.05, 3.63) is 47.7 Å². The van der Waals surface area contributed by atoms with E-state index in [9.17, 15) is 9.59 Å². The van der Waals surface area contributed by atoms with Crippen LogP contribution < -0.4 is 5.32 Å². The van der Waals surface area contributed by atoms with Gasteiger partial charge in [0.1, 0.15) is 5.69 Å². The molecular weight excluding hydrogens is 382 g/mol. The van der Waals surface area contributed by atoms with Crippen molar-refractivity contribution in [3.63, 3.8) is 0 Å². The van der Waals surface area contributed by atoms with Crippen LogP contribution in [0.4, 0.5) is 0 Å². The third-order valence-electron chi connectivity index (χ3n) is 6.68. The predicted octanol–water partition coefficient (Wildman–Crippen LogP) is 2.54. The molecule has 1 aliphatic carbocycles. The standard InChI is InChI=1S/C22H25N5O3/c1-14-9-17(26(2)25-14)21(29)27-7-4-22(5-8-27)11-16(22)12-24-20(28)18-10-15-3-6-23-13-19(15)30-18/h3,6,9-10,13,16H,4-5,7-8,11-12H2,1-2H3,(H,24,28). The number of aromatic nitrogens is 3. The molecule has 1 spiro atoms. The summed E-state index contributed by atoms with van der Waals surface area (Å²) in [5.74, 6) is 0.647. The van der Waals surface area contributed by atoms with Crippen LogP contribution in [0.3, 0.4) is 0 Å². The summed E-state index contributed by atoms with van der Waals surface area (Å²) in [6, 6.07) is 5.42. The van der Waals surface area contributed by atoms with Gasteiger partial charge in [0.25, 0.3) is 11.8 Å². The second-order valence-corrected chi connectivity index (χ2v) is 8.58. The third-order valence-corrected chi connectivity index (χ3v) is 6.68. The molecule has 1 atom stereocenters. The molecule has 4 heterocycles. The van der Waals surface area contributed by atoms with E-state index in [1.807, 2.05) is 31.0 Å². The highest BCUT2D eigenvalue weighted by Gasteiger charge is 2.54. The zero-order chi connectivity index (χ0) is 20.9. The van der Waals surface area contributed by atoms with Gasteiger partial charge >= 0.3 is 0 Å². The van der Waals surface area contributed by atoms with Crippen LogP contribution in [0, 0.1) is 18.3 Å². The Balaban J connectivity index is 1.14. The normalized spacial score (nSPS) is 19.9. The lowest BCUT2D eigenvalue weighted by Crippen LogP contribution is -2.41. The second-order valence-electron chi connectivity index (χ2n) is 8.58. The maximum atomic E-state index is 12.8. The first-order valence-corrected chi connectivity index (χ1v) is 10.4. The Hall–Kier alpha value is -3.16. The fourth-order valence-electron chi connectivity index (χ4n) is 4.76. The maximum Gasteiger partial charge on any atom is 0.287 e. The molecule has 1 saturated carbocycles. The Bertz CT molecular complexity index is 1090. The topological polar surface area (TPSA) is 93.3 Å². The molecule has 156 valence electrons. The fourth-order valence-corrected chi connectivity index (χ4v) is 4.76. The minimum absolute atomic E-state index is 0.0535. The van der Waals surface area contributed by atoms with Gasteiger partial charge in [0.05, 0.1) is 11.9 Å². The Kier molecular flexibility index (Phi) is 4.38. The summed E-state index contributed by atoms with van der Waals surface area (Å²) < 4.78 is 7.25. The van der Waals surface area contributed by atoms with Crippen molar-refractivity contribution in [2.75, 3.05) is 19.6 Å². The number of likely N-dealkylation sites (tertiary alicyclic amines) is 1. The molecule has 3 aromatic rings. The van der Waals surface area contributed by atoms with Gasteiger partial charge in [-0.25, -0.2) is 0 Å². The van der Waals surface area contributed by atoms with Crippen molar-refractivity contribution in [1.29, 1.82) is 0 Å². The van der Waals surface area contributed by atoms with E-state index in [1.54, 1.807) is 23.1 Å². The number of piperidine rings is 1. The van der Waals surface area contributed by atoms with Crippen molar-refractivity contribution in [2.45, 2.75) is 26.2 Å². The zero-order valence-electron chi connectivity index (χ0n) is 17.2. The SMILES string of the molecule is Cc1cc(C(=O)N2CCC3(CC2)CC3CNC(=O)c2cc3ccncc3o2)n(C)n1. The second kappa shape index (κ2) is 6.97. The number of aryl methyl sites for hydroxylation is 2. The molecule has 1 N–H and O–H groups in total. The van der Waals surface area contributed by atoms with Gasteiger partial charge in [-0.15, -0.1) is 0 Å². The molecule has 1 aliphatic heterocycles. The first-order chi connectivity index (χ1) is 14.4. The van der Waals surface area contributed by atoms with Crippen LogP contribution in [-0.2, 0) is 7.05 Å². The molecule has 8 heteroatoms. The van der Waals surface area contributed by atoms with Gasteiger partial charge in [-0.3, -0.25) is 19.3 Å². The van der Waals surface area contributed by atoms with Crippen molar-refractivity contribution < 1.29 is 14.0 Å². The molecule has 2 aliphatic rings. The van der Waals surface area contributed by atoms with Crippen LogP contribution in [0.1, 0.15) is 46.0 Å². The van der Waals surface area contributed by atoms with E-state index >= 15 is 0 Å². The van der Waals surface area contributed by atoms with Gasteiger partial charge in [0, 0.05) is 38.3 Å². The molecule has 1 unspecified atom stereocenters. The van der Waals surface area contributed by atoms with Crippen LogP contribution in [0.25, 0.3) is 11.0 Å². The summed E-state index contributed by atoms with van der Waals surface area (Å²) >= 11 is 0. The number of nitrogens with zero attached hydrogens (tertiary/aromatic N) is 4. The number of carbonyl (C=O) groups is 2. The lowest BCUT2D eigenvalue weighted by Gasteiger charge is -2.33. The Labute approximate surface area is 174 Å². The first kappa shape index (κ1) is 18.8. The molecule has 2 fully saturated rings.